The minimum absolute atomic E-state index is 0.341. The second kappa shape index (κ2) is 4.64. The van der Waals surface area contributed by atoms with Crippen molar-refractivity contribution in [1.29, 1.82) is 0 Å². The minimum atomic E-state index is -0.601. The number of benzene rings is 1. The van der Waals surface area contributed by atoms with Gasteiger partial charge in [-0.2, -0.15) is 0 Å². The molecule has 0 unspecified atom stereocenters. The highest BCUT2D eigenvalue weighted by Crippen LogP contribution is 2.36. The van der Waals surface area contributed by atoms with E-state index in [-0.39, 0.29) is 5.82 Å². The van der Waals surface area contributed by atoms with Crippen LogP contribution in [0.25, 0.3) is 5.69 Å². The van der Waals surface area contributed by atoms with Gasteiger partial charge in [-0.3, -0.25) is 0 Å². The molecule has 21 heavy (non-hydrogen) atoms. The van der Waals surface area contributed by atoms with Crippen LogP contribution in [0.5, 0.6) is 0 Å². The van der Waals surface area contributed by atoms with Gasteiger partial charge in [-0.1, -0.05) is 17.3 Å². The molecule has 7 heteroatoms. The van der Waals surface area contributed by atoms with E-state index in [0.29, 0.717) is 11.3 Å². The van der Waals surface area contributed by atoms with E-state index in [2.05, 4.69) is 10.3 Å². The van der Waals surface area contributed by atoms with E-state index in [1.807, 2.05) is 27.7 Å². The summed E-state index contributed by atoms with van der Waals surface area (Å²) < 4.78 is 26.9. The standard InChI is InChI=1S/C14H17BFN3O2/c1-13(2)14(3,4)21-15(20-13)12-9-19(18-17-12)11-8-6-5-7-10(11)16/h5-9H,1-4H3. The average Bonchev–Trinajstić information content (AvgIpc) is 2.94. The van der Waals surface area contributed by atoms with Crippen LogP contribution < -0.4 is 5.59 Å². The number of nitrogens with zero attached hydrogens (tertiary/aromatic N) is 3. The van der Waals surface area contributed by atoms with Gasteiger partial charge in [-0.05, 0) is 39.8 Å². The van der Waals surface area contributed by atoms with E-state index >= 15 is 0 Å². The Morgan fingerprint density at radius 3 is 2.33 bits per heavy atom. The normalized spacial score (nSPS) is 20.0. The van der Waals surface area contributed by atoms with E-state index in [1.54, 1.807) is 24.4 Å². The van der Waals surface area contributed by atoms with Crippen LogP contribution in [0.3, 0.4) is 0 Å². The van der Waals surface area contributed by atoms with Crippen molar-refractivity contribution >= 4 is 12.7 Å². The molecule has 0 bridgehead atoms. The molecule has 0 saturated carbocycles. The van der Waals surface area contributed by atoms with Crippen LogP contribution in [-0.2, 0) is 9.31 Å². The molecule has 0 radical (unpaired) electrons. The lowest BCUT2D eigenvalue weighted by Gasteiger charge is -2.32. The second-order valence-electron chi connectivity index (χ2n) is 6.13. The van der Waals surface area contributed by atoms with Crippen molar-refractivity contribution in [3.8, 4) is 5.69 Å². The van der Waals surface area contributed by atoms with Gasteiger partial charge >= 0.3 is 7.12 Å². The molecule has 1 saturated heterocycles. The summed E-state index contributed by atoms with van der Waals surface area (Å²) in [5, 5.41) is 8.00. The molecule has 1 aliphatic rings. The second-order valence-corrected chi connectivity index (χ2v) is 6.13. The molecule has 2 heterocycles. The van der Waals surface area contributed by atoms with Crippen LogP contribution in [0.15, 0.2) is 30.5 Å². The lowest BCUT2D eigenvalue weighted by Crippen LogP contribution is -2.41. The molecule has 110 valence electrons. The van der Waals surface area contributed by atoms with Gasteiger partial charge in [0.25, 0.3) is 0 Å². The highest BCUT2D eigenvalue weighted by atomic mass is 19.1. The number of halogens is 1. The summed E-state index contributed by atoms with van der Waals surface area (Å²) >= 11 is 0. The smallest absolute Gasteiger partial charge is 0.398 e. The molecule has 1 fully saturated rings. The highest BCUT2D eigenvalue weighted by Gasteiger charge is 2.52. The molecule has 0 aliphatic carbocycles. The summed E-state index contributed by atoms with van der Waals surface area (Å²) in [4.78, 5) is 0. The molecule has 1 aromatic heterocycles. The van der Waals surface area contributed by atoms with E-state index < -0.39 is 18.3 Å². The third-order valence-electron chi connectivity index (χ3n) is 4.11. The first-order valence-corrected chi connectivity index (χ1v) is 6.83. The van der Waals surface area contributed by atoms with Crippen molar-refractivity contribution < 1.29 is 13.7 Å². The van der Waals surface area contributed by atoms with Crippen LogP contribution in [0, 0.1) is 5.82 Å². The summed E-state index contributed by atoms with van der Waals surface area (Å²) in [6.45, 7) is 7.87. The minimum Gasteiger partial charge on any atom is -0.398 e. The van der Waals surface area contributed by atoms with Gasteiger partial charge in [0.05, 0.1) is 17.4 Å². The zero-order chi connectivity index (χ0) is 15.3. The Bertz CT molecular complexity index is 656. The first-order chi connectivity index (χ1) is 9.80. The largest absolute Gasteiger partial charge is 0.518 e. The van der Waals surface area contributed by atoms with Gasteiger partial charge in [0.15, 0.2) is 0 Å². The van der Waals surface area contributed by atoms with Crippen LogP contribution in [0.2, 0.25) is 0 Å². The molecule has 0 amide bonds. The fourth-order valence-corrected chi connectivity index (χ4v) is 2.10. The Morgan fingerprint density at radius 1 is 1.10 bits per heavy atom. The maximum atomic E-state index is 13.8. The third kappa shape index (κ3) is 2.36. The average molecular weight is 289 g/mol. The van der Waals surface area contributed by atoms with E-state index in [4.69, 9.17) is 9.31 Å². The van der Waals surface area contributed by atoms with E-state index in [0.717, 1.165) is 0 Å². The summed E-state index contributed by atoms with van der Waals surface area (Å²) in [5.41, 5.74) is -0.0246. The molecule has 1 aromatic carbocycles. The highest BCUT2D eigenvalue weighted by molar-refractivity contribution is 6.61. The van der Waals surface area contributed by atoms with Gasteiger partial charge in [0.1, 0.15) is 17.1 Å². The van der Waals surface area contributed by atoms with Crippen molar-refractivity contribution in [3.63, 3.8) is 0 Å². The SMILES string of the molecule is CC1(C)OB(c2cn(-c3ccccc3F)nn2)OC1(C)C. The van der Waals surface area contributed by atoms with Crippen molar-refractivity contribution in [1.82, 2.24) is 15.0 Å². The van der Waals surface area contributed by atoms with E-state index in [9.17, 15) is 4.39 Å². The van der Waals surface area contributed by atoms with Gasteiger partial charge in [0.2, 0.25) is 0 Å². The molecule has 0 N–H and O–H groups in total. The first-order valence-electron chi connectivity index (χ1n) is 6.83. The summed E-state index contributed by atoms with van der Waals surface area (Å²) in [6.07, 6.45) is 1.63. The number of aromatic nitrogens is 3. The maximum absolute atomic E-state index is 13.8. The van der Waals surface area contributed by atoms with Crippen LogP contribution >= 0.6 is 0 Å². The van der Waals surface area contributed by atoms with Gasteiger partial charge in [-0.15, -0.1) is 5.10 Å². The fourth-order valence-electron chi connectivity index (χ4n) is 2.10. The molecule has 0 atom stereocenters. The number of rotatable bonds is 2. The molecule has 3 rings (SSSR count). The fraction of sp³-hybridized carbons (Fsp3) is 0.429. The zero-order valence-corrected chi connectivity index (χ0v) is 12.5. The lowest BCUT2D eigenvalue weighted by molar-refractivity contribution is 0.00578. The first kappa shape index (κ1) is 14.2. The Labute approximate surface area is 123 Å². The third-order valence-corrected chi connectivity index (χ3v) is 4.11. The summed E-state index contributed by atoms with van der Waals surface area (Å²) in [6, 6.07) is 6.39. The Kier molecular flexibility index (Phi) is 3.14. The molecular formula is C14H17BFN3O2. The Morgan fingerprint density at radius 2 is 1.71 bits per heavy atom. The molecule has 5 nitrogen and oxygen atoms in total. The number of para-hydroxylation sites is 1. The van der Waals surface area contributed by atoms with E-state index in [1.165, 1.54) is 10.7 Å². The predicted molar refractivity (Wildman–Crippen MR) is 77.0 cm³/mol. The summed E-state index contributed by atoms with van der Waals surface area (Å²) in [7, 11) is -0.601. The molecule has 2 aromatic rings. The Hall–Kier alpha value is -1.73. The van der Waals surface area contributed by atoms with Gasteiger partial charge in [-0.25, -0.2) is 9.07 Å². The quantitative estimate of drug-likeness (QED) is 0.790. The van der Waals surface area contributed by atoms with Crippen molar-refractivity contribution in [3.05, 3.63) is 36.3 Å². The van der Waals surface area contributed by atoms with Gasteiger partial charge in [0, 0.05) is 0 Å². The van der Waals surface area contributed by atoms with Crippen molar-refractivity contribution in [2.24, 2.45) is 0 Å². The van der Waals surface area contributed by atoms with Crippen LogP contribution in [0.4, 0.5) is 4.39 Å². The predicted octanol–water partition coefficient (Wildman–Crippen LogP) is 1.71. The monoisotopic (exact) mass is 289 g/mol. The molecule has 1 aliphatic heterocycles. The lowest BCUT2D eigenvalue weighted by atomic mass is 9.86. The van der Waals surface area contributed by atoms with Crippen molar-refractivity contribution in [2.75, 3.05) is 0 Å². The van der Waals surface area contributed by atoms with Crippen molar-refractivity contribution in [2.45, 2.75) is 38.9 Å². The van der Waals surface area contributed by atoms with Crippen LogP contribution in [-0.4, -0.2) is 33.3 Å². The van der Waals surface area contributed by atoms with Crippen LogP contribution in [0.1, 0.15) is 27.7 Å². The maximum Gasteiger partial charge on any atom is 0.518 e. The number of hydrogen-bond donors (Lipinski definition) is 0. The Balaban J connectivity index is 1.89. The topological polar surface area (TPSA) is 49.2 Å². The number of hydrogen-bond acceptors (Lipinski definition) is 4. The van der Waals surface area contributed by atoms with Gasteiger partial charge < -0.3 is 9.31 Å². The summed E-state index contributed by atoms with van der Waals surface area (Å²) in [5.74, 6) is -0.358. The molecule has 0 spiro atoms. The molecular weight excluding hydrogens is 272 g/mol. The zero-order valence-electron chi connectivity index (χ0n) is 12.5.